The first-order chi connectivity index (χ1) is 14.8. The zero-order valence-electron chi connectivity index (χ0n) is 20.1. The lowest BCUT2D eigenvalue weighted by molar-refractivity contribution is 0.178. The van der Waals surface area contributed by atoms with Crippen molar-refractivity contribution in [2.75, 3.05) is 26.7 Å². The maximum Gasteiger partial charge on any atom is 0.191 e. The van der Waals surface area contributed by atoms with E-state index in [1.807, 2.05) is 30.7 Å². The number of rotatable bonds is 11. The van der Waals surface area contributed by atoms with Crippen molar-refractivity contribution in [2.45, 2.75) is 59.7 Å². The lowest BCUT2D eigenvalue weighted by Gasteiger charge is -2.30. The second-order valence-corrected chi connectivity index (χ2v) is 8.26. The third kappa shape index (κ3) is 7.86. The highest BCUT2D eigenvalue weighted by Crippen LogP contribution is 2.11. The van der Waals surface area contributed by atoms with Crippen LogP contribution < -0.4 is 15.4 Å². The average Bonchev–Trinajstić information content (AvgIpc) is 3.06. The Morgan fingerprint density at radius 1 is 1.06 bits per heavy atom. The van der Waals surface area contributed by atoms with E-state index in [1.54, 1.807) is 7.11 Å². The van der Waals surface area contributed by atoms with Crippen molar-refractivity contribution in [3.05, 3.63) is 41.5 Å². The van der Waals surface area contributed by atoms with Crippen molar-refractivity contribution in [3.63, 3.8) is 0 Å². The number of nitrogens with one attached hydrogen (secondary N) is 2. The van der Waals surface area contributed by atoms with E-state index in [0.717, 1.165) is 49.4 Å². The molecule has 2 aromatic rings. The molecule has 0 fully saturated rings. The number of nitrogens with zero attached hydrogens (tertiary/aromatic N) is 5. The number of methoxy groups -OCH3 is 1. The Bertz CT molecular complexity index is 804. The molecule has 0 bridgehead atoms. The van der Waals surface area contributed by atoms with Crippen LogP contribution in [0.4, 0.5) is 0 Å². The smallest absolute Gasteiger partial charge is 0.191 e. The van der Waals surface area contributed by atoms with Gasteiger partial charge in [0, 0.05) is 38.8 Å². The first kappa shape index (κ1) is 24.7. The predicted molar refractivity (Wildman–Crippen MR) is 127 cm³/mol. The van der Waals surface area contributed by atoms with Gasteiger partial charge < -0.3 is 19.9 Å². The Morgan fingerprint density at radius 3 is 2.26 bits per heavy atom. The van der Waals surface area contributed by atoms with Crippen LogP contribution in [0, 0.1) is 6.92 Å². The van der Waals surface area contributed by atoms with Gasteiger partial charge in [0.1, 0.15) is 18.1 Å². The third-order valence-corrected chi connectivity index (χ3v) is 5.42. The minimum atomic E-state index is 0.479. The molecule has 0 radical (unpaired) electrons. The van der Waals surface area contributed by atoms with Crippen molar-refractivity contribution in [1.82, 2.24) is 30.3 Å². The normalized spacial score (nSPS) is 12.1. The van der Waals surface area contributed by atoms with Gasteiger partial charge in [-0.2, -0.15) is 0 Å². The molecule has 1 aromatic carbocycles. The molecule has 0 spiro atoms. The highest BCUT2D eigenvalue weighted by atomic mass is 16.5. The maximum absolute atomic E-state index is 5.23. The molecule has 0 aliphatic rings. The van der Waals surface area contributed by atoms with Gasteiger partial charge in [-0.3, -0.25) is 4.90 Å². The molecule has 0 saturated heterocycles. The summed E-state index contributed by atoms with van der Waals surface area (Å²) < 4.78 is 7.20. The summed E-state index contributed by atoms with van der Waals surface area (Å²) in [5.41, 5.74) is 1.25. The number of hydrogen-bond acceptors (Lipinski definition) is 5. The highest BCUT2D eigenvalue weighted by Gasteiger charge is 2.13. The number of ether oxygens (including phenoxy) is 1. The molecule has 0 atom stereocenters. The molecule has 2 rings (SSSR count). The van der Waals surface area contributed by atoms with Crippen LogP contribution in [0.25, 0.3) is 0 Å². The monoisotopic (exact) mass is 429 g/mol. The van der Waals surface area contributed by atoms with Crippen LogP contribution in [0.5, 0.6) is 5.75 Å². The molecule has 0 unspecified atom stereocenters. The number of guanidine groups is 1. The lowest BCUT2D eigenvalue weighted by atomic mass is 10.1. The number of hydrogen-bond donors (Lipinski definition) is 2. The van der Waals surface area contributed by atoms with Crippen LogP contribution in [-0.2, 0) is 20.0 Å². The van der Waals surface area contributed by atoms with Crippen molar-refractivity contribution in [1.29, 1.82) is 0 Å². The van der Waals surface area contributed by atoms with Gasteiger partial charge in [-0.05, 0) is 58.7 Å². The SMILES string of the molecule is COc1ccc(CCNC(=NCc2nnc(C)n2C)NCCN(C(C)C)C(C)C)cc1. The second-order valence-electron chi connectivity index (χ2n) is 8.26. The van der Waals surface area contributed by atoms with Gasteiger partial charge in [0.05, 0.1) is 7.11 Å². The van der Waals surface area contributed by atoms with Gasteiger partial charge in [0.15, 0.2) is 11.8 Å². The number of aliphatic imine (C=N–C) groups is 1. The van der Waals surface area contributed by atoms with Crippen molar-refractivity contribution in [3.8, 4) is 5.75 Å². The molecule has 1 aromatic heterocycles. The largest absolute Gasteiger partial charge is 0.497 e. The molecule has 1 heterocycles. The van der Waals surface area contributed by atoms with Gasteiger partial charge in [-0.15, -0.1) is 10.2 Å². The van der Waals surface area contributed by atoms with Crippen molar-refractivity contribution in [2.24, 2.45) is 12.0 Å². The van der Waals surface area contributed by atoms with Crippen LogP contribution in [0.1, 0.15) is 44.9 Å². The topological polar surface area (TPSA) is 79.6 Å². The molecule has 0 aliphatic carbocycles. The maximum atomic E-state index is 5.23. The first-order valence-electron chi connectivity index (χ1n) is 11.1. The van der Waals surface area contributed by atoms with Gasteiger partial charge in [-0.25, -0.2) is 4.99 Å². The fourth-order valence-corrected chi connectivity index (χ4v) is 3.45. The number of benzene rings is 1. The summed E-state index contributed by atoms with van der Waals surface area (Å²) in [6, 6.07) is 9.18. The summed E-state index contributed by atoms with van der Waals surface area (Å²) in [4.78, 5) is 7.21. The summed E-state index contributed by atoms with van der Waals surface area (Å²) >= 11 is 0. The molecule has 8 nitrogen and oxygen atoms in total. The fraction of sp³-hybridized carbons (Fsp3) is 0.609. The molecule has 0 aliphatic heterocycles. The van der Waals surface area contributed by atoms with E-state index in [1.165, 1.54) is 5.56 Å². The predicted octanol–water partition coefficient (Wildman–Crippen LogP) is 2.53. The summed E-state index contributed by atoms with van der Waals surface area (Å²) in [7, 11) is 3.65. The van der Waals surface area contributed by atoms with E-state index in [4.69, 9.17) is 9.73 Å². The Labute approximate surface area is 187 Å². The minimum Gasteiger partial charge on any atom is -0.497 e. The van der Waals surface area contributed by atoms with Gasteiger partial charge in [-0.1, -0.05) is 12.1 Å². The van der Waals surface area contributed by atoms with Crippen molar-refractivity contribution < 1.29 is 4.74 Å². The summed E-state index contributed by atoms with van der Waals surface area (Å²) in [6.45, 7) is 13.9. The summed E-state index contributed by atoms with van der Waals surface area (Å²) in [5, 5.41) is 15.3. The zero-order valence-corrected chi connectivity index (χ0v) is 20.1. The van der Waals surface area contributed by atoms with Crippen LogP contribution in [0.15, 0.2) is 29.3 Å². The highest BCUT2D eigenvalue weighted by molar-refractivity contribution is 5.79. The quantitative estimate of drug-likeness (QED) is 0.422. The van der Waals surface area contributed by atoms with E-state index < -0.39 is 0 Å². The molecule has 172 valence electrons. The summed E-state index contributed by atoms with van der Waals surface area (Å²) in [6.07, 6.45) is 0.901. The van der Waals surface area contributed by atoms with Crippen LogP contribution in [-0.4, -0.2) is 64.5 Å². The number of aryl methyl sites for hydroxylation is 1. The van der Waals surface area contributed by atoms with E-state index in [9.17, 15) is 0 Å². The lowest BCUT2D eigenvalue weighted by Crippen LogP contribution is -2.45. The Balaban J connectivity index is 1.96. The molecular weight excluding hydrogens is 390 g/mol. The van der Waals surface area contributed by atoms with Crippen LogP contribution >= 0.6 is 0 Å². The van der Waals surface area contributed by atoms with Gasteiger partial charge in [0.2, 0.25) is 0 Å². The van der Waals surface area contributed by atoms with E-state index in [0.29, 0.717) is 18.6 Å². The average molecular weight is 430 g/mol. The van der Waals surface area contributed by atoms with Crippen molar-refractivity contribution >= 4 is 5.96 Å². The van der Waals surface area contributed by atoms with Crippen LogP contribution in [0.3, 0.4) is 0 Å². The minimum absolute atomic E-state index is 0.479. The molecule has 0 saturated carbocycles. The Kier molecular flexibility index (Phi) is 9.78. The zero-order chi connectivity index (χ0) is 22.8. The molecule has 31 heavy (non-hydrogen) atoms. The van der Waals surface area contributed by atoms with E-state index >= 15 is 0 Å². The Hall–Kier alpha value is -2.61. The Morgan fingerprint density at radius 2 is 1.71 bits per heavy atom. The van der Waals surface area contributed by atoms with E-state index in [2.05, 4.69) is 65.6 Å². The van der Waals surface area contributed by atoms with Gasteiger partial charge >= 0.3 is 0 Å². The fourth-order valence-electron chi connectivity index (χ4n) is 3.45. The third-order valence-electron chi connectivity index (χ3n) is 5.42. The van der Waals surface area contributed by atoms with E-state index in [-0.39, 0.29) is 0 Å². The van der Waals surface area contributed by atoms with Gasteiger partial charge in [0.25, 0.3) is 0 Å². The first-order valence-corrected chi connectivity index (χ1v) is 11.1. The molecule has 2 N–H and O–H groups in total. The summed E-state index contributed by atoms with van der Waals surface area (Å²) in [5.74, 6) is 3.40. The molecular formula is C23H39N7O. The number of aromatic nitrogens is 3. The molecule has 8 heteroatoms. The second kappa shape index (κ2) is 12.3. The molecule has 0 amide bonds. The van der Waals surface area contributed by atoms with Crippen LogP contribution in [0.2, 0.25) is 0 Å². The standard InChI is InChI=1S/C23H39N7O/c1-17(2)30(18(3)4)15-14-25-23(26-16-22-28-27-19(5)29(22)6)24-13-12-20-8-10-21(31-7)11-9-20/h8-11,17-18H,12-16H2,1-7H3,(H2,24,25,26).